The van der Waals surface area contributed by atoms with Crippen LogP contribution in [0.3, 0.4) is 0 Å². The van der Waals surface area contributed by atoms with E-state index < -0.39 is 30.6 Å². The van der Waals surface area contributed by atoms with Gasteiger partial charge in [-0.3, -0.25) is 4.79 Å². The predicted molar refractivity (Wildman–Crippen MR) is 58.7 cm³/mol. The number of hydrogen-bond acceptors (Lipinski definition) is 5. The van der Waals surface area contributed by atoms with Gasteiger partial charge in [-0.25, -0.2) is 4.79 Å². The van der Waals surface area contributed by atoms with Gasteiger partial charge in [0.2, 0.25) is 0 Å². The van der Waals surface area contributed by atoms with Crippen LogP contribution in [0.2, 0.25) is 0 Å². The molecule has 0 saturated heterocycles. The molecule has 102 valence electrons. The van der Waals surface area contributed by atoms with Crippen molar-refractivity contribution >= 4 is 11.9 Å². The van der Waals surface area contributed by atoms with Gasteiger partial charge in [-0.2, -0.15) is 0 Å². The zero-order chi connectivity index (χ0) is 13.8. The first-order chi connectivity index (χ1) is 7.84. The number of carbonyl (C=O) groups is 2. The van der Waals surface area contributed by atoms with E-state index in [2.05, 4.69) is 0 Å². The molecule has 7 nitrogen and oxygen atoms in total. The summed E-state index contributed by atoms with van der Waals surface area (Å²) in [6.07, 6.45) is -1.60. The minimum atomic E-state index is -1.23. The highest BCUT2D eigenvalue weighted by Gasteiger charge is 2.20. The van der Waals surface area contributed by atoms with Gasteiger partial charge >= 0.3 is 11.9 Å². The number of hydrogen-bond donors (Lipinski definition) is 4. The number of aliphatic hydroxyl groups excluding tert-OH is 2. The van der Waals surface area contributed by atoms with Crippen molar-refractivity contribution in [2.75, 3.05) is 13.2 Å². The summed E-state index contributed by atoms with van der Waals surface area (Å²) in [5, 5.41) is 32.8. The average Bonchev–Trinajstić information content (AvgIpc) is 2.24. The number of aliphatic carboxylic acids is 2. The van der Waals surface area contributed by atoms with Crippen LogP contribution in [-0.4, -0.2) is 57.8 Å². The van der Waals surface area contributed by atoms with E-state index in [1.807, 2.05) is 6.92 Å². The van der Waals surface area contributed by atoms with Crippen molar-refractivity contribution < 1.29 is 34.8 Å². The van der Waals surface area contributed by atoms with Crippen molar-refractivity contribution in [3.8, 4) is 0 Å². The van der Waals surface area contributed by atoms with Crippen LogP contribution < -0.4 is 0 Å². The summed E-state index contributed by atoms with van der Waals surface area (Å²) in [6.45, 7) is 3.48. The van der Waals surface area contributed by atoms with Gasteiger partial charge in [0.05, 0.1) is 19.1 Å². The number of ether oxygens (including phenoxy) is 1. The molecule has 0 aromatic rings. The molecule has 0 aromatic carbocycles. The molecule has 0 rings (SSSR count). The highest BCUT2D eigenvalue weighted by Crippen LogP contribution is 1.99. The predicted octanol–water partition coefficient (Wildman–Crippen LogP) is -0.300. The molecule has 0 amide bonds. The Balaban J connectivity index is 0. The largest absolute Gasteiger partial charge is 0.481 e. The van der Waals surface area contributed by atoms with Gasteiger partial charge < -0.3 is 25.2 Å². The summed E-state index contributed by atoms with van der Waals surface area (Å²) in [4.78, 5) is 20.5. The van der Waals surface area contributed by atoms with Crippen LogP contribution >= 0.6 is 0 Å². The minimum absolute atomic E-state index is 0.139. The van der Waals surface area contributed by atoms with Crippen molar-refractivity contribution in [1.82, 2.24) is 0 Å². The molecule has 0 aliphatic heterocycles. The van der Waals surface area contributed by atoms with Gasteiger partial charge in [0.15, 0.2) is 6.10 Å². The third-order valence-electron chi connectivity index (χ3n) is 1.42. The van der Waals surface area contributed by atoms with Crippen LogP contribution in [0.15, 0.2) is 0 Å². The molecule has 0 radical (unpaired) electrons. The average molecular weight is 252 g/mol. The van der Waals surface area contributed by atoms with Crippen molar-refractivity contribution in [3.63, 3.8) is 0 Å². The summed E-state index contributed by atoms with van der Waals surface area (Å²) >= 11 is 0. The van der Waals surface area contributed by atoms with Crippen molar-refractivity contribution in [3.05, 3.63) is 0 Å². The maximum Gasteiger partial charge on any atom is 0.333 e. The second kappa shape index (κ2) is 11.3. The molecule has 7 heteroatoms. The summed E-state index contributed by atoms with van der Waals surface area (Å²) in [6, 6.07) is 0. The summed E-state index contributed by atoms with van der Waals surface area (Å²) < 4.78 is 4.78. The molecule has 0 spiro atoms. The Hall–Kier alpha value is -1.18. The molecule has 0 aliphatic rings. The van der Waals surface area contributed by atoms with Gasteiger partial charge in [-0.05, 0) is 13.3 Å². The Morgan fingerprint density at radius 2 is 1.76 bits per heavy atom. The normalized spacial score (nSPS) is 13.2. The molecule has 0 aromatic heterocycles. The summed E-state index contributed by atoms with van der Waals surface area (Å²) in [5.41, 5.74) is 0. The van der Waals surface area contributed by atoms with Crippen LogP contribution in [0.4, 0.5) is 0 Å². The van der Waals surface area contributed by atoms with Gasteiger partial charge in [0, 0.05) is 6.61 Å². The first-order valence-corrected chi connectivity index (χ1v) is 5.20. The maximum atomic E-state index is 10.4. The molecule has 2 atom stereocenters. The molecule has 0 aliphatic carbocycles. The van der Waals surface area contributed by atoms with Crippen LogP contribution in [-0.2, 0) is 14.3 Å². The van der Waals surface area contributed by atoms with E-state index in [1.54, 1.807) is 0 Å². The lowest BCUT2D eigenvalue weighted by Gasteiger charge is -2.09. The monoisotopic (exact) mass is 252 g/mol. The third-order valence-corrected chi connectivity index (χ3v) is 1.42. The molecule has 17 heavy (non-hydrogen) atoms. The van der Waals surface area contributed by atoms with Gasteiger partial charge in [0.25, 0.3) is 0 Å². The number of carboxylic acid groups (broad SMARTS) is 2. The lowest BCUT2D eigenvalue weighted by atomic mass is 10.2. The molecular formula is C10H20O7. The quantitative estimate of drug-likeness (QED) is 0.490. The van der Waals surface area contributed by atoms with Crippen LogP contribution in [0.25, 0.3) is 0 Å². The fourth-order valence-corrected chi connectivity index (χ4v) is 0.636. The molecule has 2 unspecified atom stereocenters. The zero-order valence-corrected chi connectivity index (χ0v) is 10.00. The minimum Gasteiger partial charge on any atom is -0.481 e. The number of rotatable bonds is 7. The van der Waals surface area contributed by atoms with Crippen molar-refractivity contribution in [2.45, 2.75) is 38.9 Å². The van der Waals surface area contributed by atoms with E-state index >= 15 is 0 Å². The molecule has 0 bridgehead atoms. The highest BCUT2D eigenvalue weighted by atomic mass is 16.5. The van der Waals surface area contributed by atoms with E-state index in [0.29, 0.717) is 6.42 Å². The number of aliphatic hydroxyl groups is 2. The topological polar surface area (TPSA) is 124 Å². The van der Waals surface area contributed by atoms with E-state index in [4.69, 9.17) is 25.2 Å². The Labute approximate surface area is 99.6 Å². The first-order valence-electron chi connectivity index (χ1n) is 5.20. The zero-order valence-electron chi connectivity index (χ0n) is 10.00. The fraction of sp³-hybridized carbons (Fsp3) is 0.800. The van der Waals surface area contributed by atoms with E-state index in [1.165, 1.54) is 6.92 Å². The molecule has 4 N–H and O–H groups in total. The third kappa shape index (κ3) is 14.8. The van der Waals surface area contributed by atoms with E-state index in [-0.39, 0.29) is 13.2 Å². The summed E-state index contributed by atoms with van der Waals surface area (Å²) in [5.74, 6) is -2.40. The van der Waals surface area contributed by atoms with E-state index in [0.717, 1.165) is 0 Å². The van der Waals surface area contributed by atoms with Crippen molar-refractivity contribution in [1.29, 1.82) is 0 Å². The molecule has 0 fully saturated rings. The second-order valence-corrected chi connectivity index (χ2v) is 3.33. The standard InChI is InChI=1S/C7H12O5.C3H8O2/c1-2-3-12-5(7(10)11)4-6(8)9;1-3(5)2-4/h5H,2-4H2,1H3,(H,8,9)(H,10,11);3-5H,2H2,1H3. The Morgan fingerprint density at radius 3 is 2.00 bits per heavy atom. The molecule has 0 heterocycles. The lowest BCUT2D eigenvalue weighted by molar-refractivity contribution is -0.156. The van der Waals surface area contributed by atoms with Crippen LogP contribution in [0, 0.1) is 0 Å². The summed E-state index contributed by atoms with van der Waals surface area (Å²) in [7, 11) is 0. The number of carboxylic acids is 2. The van der Waals surface area contributed by atoms with Crippen LogP contribution in [0.5, 0.6) is 0 Å². The smallest absolute Gasteiger partial charge is 0.333 e. The molecule has 0 saturated carbocycles. The SMILES string of the molecule is CC(O)CO.CCCOC(CC(=O)O)C(=O)O. The van der Waals surface area contributed by atoms with Gasteiger partial charge in [-0.1, -0.05) is 6.92 Å². The van der Waals surface area contributed by atoms with E-state index in [9.17, 15) is 9.59 Å². The first kappa shape index (κ1) is 18.2. The second-order valence-electron chi connectivity index (χ2n) is 3.33. The molecular weight excluding hydrogens is 232 g/mol. The Morgan fingerprint density at radius 1 is 1.29 bits per heavy atom. The Bertz CT molecular complexity index is 215. The van der Waals surface area contributed by atoms with Gasteiger partial charge in [-0.15, -0.1) is 0 Å². The fourth-order valence-electron chi connectivity index (χ4n) is 0.636. The Kier molecular flexibility index (Phi) is 12.1. The van der Waals surface area contributed by atoms with Gasteiger partial charge in [0.1, 0.15) is 0 Å². The highest BCUT2D eigenvalue weighted by molar-refractivity contribution is 5.79. The lowest BCUT2D eigenvalue weighted by Crippen LogP contribution is -2.27. The van der Waals surface area contributed by atoms with Crippen molar-refractivity contribution in [2.24, 2.45) is 0 Å². The van der Waals surface area contributed by atoms with Crippen LogP contribution in [0.1, 0.15) is 26.7 Å². The maximum absolute atomic E-state index is 10.4.